The summed E-state index contributed by atoms with van der Waals surface area (Å²) in [5.41, 5.74) is 3.23. The molecule has 2 heterocycles. The van der Waals surface area contributed by atoms with Crippen molar-refractivity contribution >= 4 is 17.2 Å². The number of hydrogen-bond donors (Lipinski definition) is 1. The van der Waals surface area contributed by atoms with Gasteiger partial charge in [-0.1, -0.05) is 12.1 Å². The number of rotatable bonds is 5. The van der Waals surface area contributed by atoms with E-state index in [1.807, 2.05) is 31.3 Å². The number of aliphatic hydroxyl groups excluding tert-OH is 1. The Hall–Kier alpha value is -1.96. The van der Waals surface area contributed by atoms with Gasteiger partial charge >= 0.3 is 0 Å². The van der Waals surface area contributed by atoms with Crippen molar-refractivity contribution in [1.82, 2.24) is 14.8 Å². The summed E-state index contributed by atoms with van der Waals surface area (Å²) in [6.45, 7) is 1.54. The van der Waals surface area contributed by atoms with E-state index >= 15 is 0 Å². The molecule has 0 aliphatic carbocycles. The number of benzene rings is 1. The summed E-state index contributed by atoms with van der Waals surface area (Å²) in [6.07, 6.45) is -0.559. The molecular weight excluding hydrogens is 326 g/mol. The average Bonchev–Trinajstić information content (AvgIpc) is 3.24. The van der Waals surface area contributed by atoms with E-state index < -0.39 is 6.10 Å². The second kappa shape index (κ2) is 7.29. The van der Waals surface area contributed by atoms with Crippen LogP contribution in [0.15, 0.2) is 35.2 Å². The lowest BCUT2D eigenvalue weighted by Gasteiger charge is -2.26. The summed E-state index contributed by atoms with van der Waals surface area (Å²) in [5.74, 6) is 0.706. The van der Waals surface area contributed by atoms with E-state index in [9.17, 15) is 9.90 Å². The van der Waals surface area contributed by atoms with Crippen molar-refractivity contribution in [2.75, 3.05) is 27.2 Å². The standard InChI is InChI=1S/C17H21N3O3S/c1-19(7-12-3-5-13(23-2)6-4-12)15-8-20(9-16(15)21)17(22)14-10-24-11-18-14/h3-6,10-11,15-16,21H,7-9H2,1-2H3/t15-,16-/m1/s1. The molecule has 2 atom stereocenters. The molecule has 0 saturated carbocycles. The summed E-state index contributed by atoms with van der Waals surface area (Å²) in [4.78, 5) is 20.2. The van der Waals surface area contributed by atoms with Crippen LogP contribution in [0.1, 0.15) is 16.1 Å². The Kier molecular flexibility index (Phi) is 5.13. The van der Waals surface area contributed by atoms with Gasteiger partial charge in [0.25, 0.3) is 5.91 Å². The Morgan fingerprint density at radius 1 is 1.42 bits per heavy atom. The molecule has 1 aromatic heterocycles. The Morgan fingerprint density at radius 2 is 2.17 bits per heavy atom. The number of aromatic nitrogens is 1. The zero-order valence-electron chi connectivity index (χ0n) is 13.8. The van der Waals surface area contributed by atoms with Gasteiger partial charge in [-0.3, -0.25) is 9.69 Å². The minimum absolute atomic E-state index is 0.0883. The predicted octanol–water partition coefficient (Wildman–Crippen LogP) is 1.47. The number of nitrogens with zero attached hydrogens (tertiary/aromatic N) is 3. The molecule has 1 N–H and O–H groups in total. The number of likely N-dealkylation sites (tertiary alicyclic amines) is 1. The van der Waals surface area contributed by atoms with Crippen molar-refractivity contribution in [3.8, 4) is 5.75 Å². The van der Waals surface area contributed by atoms with Crippen LogP contribution in [0, 0.1) is 0 Å². The van der Waals surface area contributed by atoms with Gasteiger partial charge in [0.15, 0.2) is 0 Å². The number of likely N-dealkylation sites (N-methyl/N-ethyl adjacent to an activating group) is 1. The van der Waals surface area contributed by atoms with Gasteiger partial charge in [0.05, 0.1) is 24.8 Å². The van der Waals surface area contributed by atoms with Crippen LogP contribution in [0.25, 0.3) is 0 Å². The first-order chi connectivity index (χ1) is 11.6. The van der Waals surface area contributed by atoms with Crippen molar-refractivity contribution in [2.45, 2.75) is 18.7 Å². The van der Waals surface area contributed by atoms with E-state index in [1.54, 1.807) is 22.9 Å². The van der Waals surface area contributed by atoms with Crippen molar-refractivity contribution in [3.63, 3.8) is 0 Å². The van der Waals surface area contributed by atoms with Crippen LogP contribution in [0.3, 0.4) is 0 Å². The third-order valence-corrected chi connectivity index (χ3v) is 4.94. The van der Waals surface area contributed by atoms with Gasteiger partial charge in [0, 0.05) is 25.0 Å². The summed E-state index contributed by atoms with van der Waals surface area (Å²) >= 11 is 1.40. The molecule has 6 nitrogen and oxygen atoms in total. The SMILES string of the molecule is COc1ccc(CN(C)[C@@H]2CN(C(=O)c3cscn3)C[C@H]2O)cc1. The average molecular weight is 347 g/mol. The van der Waals surface area contributed by atoms with E-state index in [-0.39, 0.29) is 11.9 Å². The van der Waals surface area contributed by atoms with Crippen LogP contribution in [-0.4, -0.2) is 65.2 Å². The molecule has 3 rings (SSSR count). The number of aliphatic hydroxyl groups is 1. The number of hydrogen-bond acceptors (Lipinski definition) is 6. The lowest BCUT2D eigenvalue weighted by Crippen LogP contribution is -2.40. The number of carbonyl (C=O) groups is 1. The molecule has 0 spiro atoms. The molecule has 24 heavy (non-hydrogen) atoms. The number of methoxy groups -OCH3 is 1. The maximum atomic E-state index is 12.4. The van der Waals surface area contributed by atoms with Crippen LogP contribution in [-0.2, 0) is 6.54 Å². The summed E-state index contributed by atoms with van der Waals surface area (Å²) in [5, 5.41) is 12.1. The van der Waals surface area contributed by atoms with E-state index in [4.69, 9.17) is 4.74 Å². The molecule has 7 heteroatoms. The minimum atomic E-state index is -0.559. The fraction of sp³-hybridized carbons (Fsp3) is 0.412. The molecule has 0 radical (unpaired) electrons. The van der Waals surface area contributed by atoms with E-state index in [1.165, 1.54) is 11.3 Å². The van der Waals surface area contributed by atoms with Gasteiger partial charge in [-0.15, -0.1) is 11.3 Å². The number of carbonyl (C=O) groups excluding carboxylic acids is 1. The number of β-amino-alcohol motifs (C(OH)–C–C–N with tert-alkyl or cyclic N) is 1. The van der Waals surface area contributed by atoms with Gasteiger partial charge in [0.1, 0.15) is 11.4 Å². The number of thiazole rings is 1. The lowest BCUT2D eigenvalue weighted by molar-refractivity contribution is 0.0758. The van der Waals surface area contributed by atoms with Crippen molar-refractivity contribution in [2.24, 2.45) is 0 Å². The largest absolute Gasteiger partial charge is 0.497 e. The van der Waals surface area contributed by atoms with Crippen LogP contribution in [0.5, 0.6) is 5.75 Å². The lowest BCUT2D eigenvalue weighted by atomic mass is 10.1. The number of amides is 1. The maximum absolute atomic E-state index is 12.4. The molecule has 0 bridgehead atoms. The molecule has 1 saturated heterocycles. The first-order valence-corrected chi connectivity index (χ1v) is 8.71. The van der Waals surface area contributed by atoms with Gasteiger partial charge in [0.2, 0.25) is 0 Å². The highest BCUT2D eigenvalue weighted by atomic mass is 32.1. The zero-order valence-corrected chi connectivity index (χ0v) is 14.6. The fourth-order valence-electron chi connectivity index (χ4n) is 2.98. The van der Waals surface area contributed by atoms with Crippen molar-refractivity contribution < 1.29 is 14.6 Å². The highest BCUT2D eigenvalue weighted by Gasteiger charge is 2.37. The van der Waals surface area contributed by atoms with Gasteiger partial charge in [-0.2, -0.15) is 0 Å². The zero-order chi connectivity index (χ0) is 17.1. The second-order valence-electron chi connectivity index (χ2n) is 5.98. The molecule has 1 aliphatic rings. The van der Waals surface area contributed by atoms with Crippen LogP contribution in [0.4, 0.5) is 0 Å². The monoisotopic (exact) mass is 347 g/mol. The molecule has 128 valence electrons. The highest BCUT2D eigenvalue weighted by Crippen LogP contribution is 2.20. The highest BCUT2D eigenvalue weighted by molar-refractivity contribution is 7.07. The normalized spacial score (nSPS) is 20.6. The van der Waals surface area contributed by atoms with Crippen molar-refractivity contribution in [3.05, 3.63) is 46.4 Å². The number of ether oxygens (including phenoxy) is 1. The van der Waals surface area contributed by atoms with Gasteiger partial charge in [-0.25, -0.2) is 4.98 Å². The molecule has 1 aromatic carbocycles. The summed E-state index contributed by atoms with van der Waals surface area (Å²) in [6, 6.07) is 7.78. The van der Waals surface area contributed by atoms with Gasteiger partial charge < -0.3 is 14.7 Å². The Morgan fingerprint density at radius 3 is 2.79 bits per heavy atom. The predicted molar refractivity (Wildman–Crippen MR) is 92.3 cm³/mol. The fourth-order valence-corrected chi connectivity index (χ4v) is 3.51. The first-order valence-electron chi connectivity index (χ1n) is 7.77. The third-order valence-electron chi connectivity index (χ3n) is 4.35. The molecule has 2 aromatic rings. The second-order valence-corrected chi connectivity index (χ2v) is 6.70. The van der Waals surface area contributed by atoms with Crippen LogP contribution < -0.4 is 4.74 Å². The van der Waals surface area contributed by atoms with Gasteiger partial charge in [-0.05, 0) is 24.7 Å². The molecular formula is C17H21N3O3S. The Bertz CT molecular complexity index is 675. The first kappa shape index (κ1) is 16.9. The third kappa shape index (κ3) is 3.58. The summed E-state index contributed by atoms with van der Waals surface area (Å²) < 4.78 is 5.16. The topological polar surface area (TPSA) is 65.9 Å². The van der Waals surface area contributed by atoms with Crippen LogP contribution in [0.2, 0.25) is 0 Å². The Balaban J connectivity index is 1.62. The van der Waals surface area contributed by atoms with E-state index in [0.717, 1.165) is 11.3 Å². The molecule has 0 unspecified atom stereocenters. The smallest absolute Gasteiger partial charge is 0.273 e. The van der Waals surface area contributed by atoms with Crippen molar-refractivity contribution in [1.29, 1.82) is 0 Å². The molecule has 1 aliphatic heterocycles. The summed E-state index contributed by atoms with van der Waals surface area (Å²) in [7, 11) is 3.61. The molecule has 1 fully saturated rings. The molecule has 1 amide bonds. The van der Waals surface area contributed by atoms with Crippen LogP contribution >= 0.6 is 11.3 Å². The quantitative estimate of drug-likeness (QED) is 0.887. The Labute approximate surface area is 145 Å². The van der Waals surface area contributed by atoms with E-state index in [0.29, 0.717) is 25.3 Å². The minimum Gasteiger partial charge on any atom is -0.497 e. The maximum Gasteiger partial charge on any atom is 0.273 e. The van der Waals surface area contributed by atoms with E-state index in [2.05, 4.69) is 9.88 Å².